The van der Waals surface area contributed by atoms with E-state index < -0.39 is 5.60 Å². The molecule has 0 bridgehead atoms. The number of rotatable bonds is 7. The van der Waals surface area contributed by atoms with Crippen LogP contribution in [-0.4, -0.2) is 54.3 Å². The SMILES string of the molecule is CCOc1ccccc1C1C2CCCCC2(O)CCN1CC(=O)Nc1sc2c(c1C(=O)OC)CCCC2. The molecule has 0 radical (unpaired) electrons. The molecule has 3 atom stereocenters. The Balaban J connectivity index is 1.43. The fourth-order valence-electron chi connectivity index (χ4n) is 6.67. The Morgan fingerprint density at radius 1 is 1.16 bits per heavy atom. The quantitative estimate of drug-likeness (QED) is 0.487. The van der Waals surface area contributed by atoms with E-state index in [0.717, 1.165) is 68.2 Å². The molecule has 3 unspecified atom stereocenters. The monoisotopic (exact) mass is 526 g/mol. The lowest BCUT2D eigenvalue weighted by Crippen LogP contribution is -2.56. The van der Waals surface area contributed by atoms with Crippen LogP contribution in [0.4, 0.5) is 5.00 Å². The molecule has 2 aromatic rings. The first-order valence-electron chi connectivity index (χ1n) is 13.7. The Morgan fingerprint density at radius 3 is 2.78 bits per heavy atom. The van der Waals surface area contributed by atoms with Gasteiger partial charge in [0.05, 0.1) is 31.4 Å². The van der Waals surface area contributed by atoms with E-state index in [-0.39, 0.29) is 30.4 Å². The van der Waals surface area contributed by atoms with Crippen LogP contribution < -0.4 is 10.1 Å². The van der Waals surface area contributed by atoms with Gasteiger partial charge in [-0.3, -0.25) is 9.69 Å². The molecule has 1 aromatic carbocycles. The van der Waals surface area contributed by atoms with Crippen molar-refractivity contribution in [2.75, 3.05) is 32.1 Å². The molecule has 2 N–H and O–H groups in total. The van der Waals surface area contributed by atoms with Crippen LogP contribution in [0.15, 0.2) is 24.3 Å². The minimum Gasteiger partial charge on any atom is -0.494 e. The van der Waals surface area contributed by atoms with Crippen LogP contribution in [0.3, 0.4) is 0 Å². The first-order chi connectivity index (χ1) is 17.9. The fraction of sp³-hybridized carbons (Fsp3) is 0.586. The van der Waals surface area contributed by atoms with Gasteiger partial charge in [0.1, 0.15) is 10.8 Å². The fourth-order valence-corrected chi connectivity index (χ4v) is 7.96. The molecule has 2 aliphatic carbocycles. The lowest BCUT2D eigenvalue weighted by Gasteiger charge is -2.52. The van der Waals surface area contributed by atoms with E-state index >= 15 is 0 Å². The number of hydrogen-bond donors (Lipinski definition) is 2. The van der Waals surface area contributed by atoms with Gasteiger partial charge in [0.15, 0.2) is 0 Å². The molecule has 37 heavy (non-hydrogen) atoms. The third-order valence-corrected chi connectivity index (χ3v) is 9.58. The van der Waals surface area contributed by atoms with Gasteiger partial charge in [-0.1, -0.05) is 31.0 Å². The molecule has 5 rings (SSSR count). The second kappa shape index (κ2) is 11.1. The maximum absolute atomic E-state index is 13.5. The van der Waals surface area contributed by atoms with Crippen molar-refractivity contribution in [1.29, 1.82) is 0 Å². The van der Waals surface area contributed by atoms with Gasteiger partial charge in [-0.25, -0.2) is 4.79 Å². The van der Waals surface area contributed by atoms with Crippen molar-refractivity contribution in [3.8, 4) is 5.75 Å². The van der Waals surface area contributed by atoms with Crippen molar-refractivity contribution in [3.05, 3.63) is 45.8 Å². The van der Waals surface area contributed by atoms with Crippen molar-refractivity contribution in [2.24, 2.45) is 5.92 Å². The molecule has 0 spiro atoms. The molecule has 1 saturated heterocycles. The zero-order valence-electron chi connectivity index (χ0n) is 21.9. The van der Waals surface area contributed by atoms with Crippen molar-refractivity contribution >= 4 is 28.2 Å². The van der Waals surface area contributed by atoms with Crippen LogP contribution in [0.1, 0.15) is 84.3 Å². The molecular formula is C29H38N2O5S. The van der Waals surface area contributed by atoms with Gasteiger partial charge in [-0.15, -0.1) is 11.3 Å². The molecule has 1 aromatic heterocycles. The molecule has 1 saturated carbocycles. The number of carbonyl (C=O) groups is 2. The van der Waals surface area contributed by atoms with Gasteiger partial charge in [0.2, 0.25) is 5.91 Å². The number of fused-ring (bicyclic) bond motifs is 2. The summed E-state index contributed by atoms with van der Waals surface area (Å²) in [6.07, 6.45) is 8.39. The Morgan fingerprint density at radius 2 is 1.97 bits per heavy atom. The number of aliphatic hydroxyl groups is 1. The number of carbonyl (C=O) groups excluding carboxylic acids is 2. The number of benzene rings is 1. The average molecular weight is 527 g/mol. The zero-order valence-corrected chi connectivity index (χ0v) is 22.7. The van der Waals surface area contributed by atoms with E-state index in [0.29, 0.717) is 30.1 Å². The summed E-state index contributed by atoms with van der Waals surface area (Å²) >= 11 is 1.51. The molecular weight excluding hydrogens is 488 g/mol. The summed E-state index contributed by atoms with van der Waals surface area (Å²) in [6, 6.07) is 7.90. The van der Waals surface area contributed by atoms with Gasteiger partial charge in [-0.05, 0) is 63.5 Å². The smallest absolute Gasteiger partial charge is 0.341 e. The van der Waals surface area contributed by atoms with Crippen LogP contribution in [-0.2, 0) is 22.4 Å². The summed E-state index contributed by atoms with van der Waals surface area (Å²) in [5.41, 5.74) is 1.87. The summed E-state index contributed by atoms with van der Waals surface area (Å²) < 4.78 is 11.1. The zero-order chi connectivity index (χ0) is 26.0. The van der Waals surface area contributed by atoms with E-state index in [1.165, 1.54) is 23.3 Å². The summed E-state index contributed by atoms with van der Waals surface area (Å²) in [5.74, 6) is 0.311. The average Bonchev–Trinajstić information content (AvgIpc) is 3.26. The maximum atomic E-state index is 13.5. The van der Waals surface area contributed by atoms with Crippen LogP contribution >= 0.6 is 11.3 Å². The second-order valence-electron chi connectivity index (χ2n) is 10.5. The van der Waals surface area contributed by atoms with E-state index in [1.807, 2.05) is 25.1 Å². The molecule has 8 heteroatoms. The third-order valence-electron chi connectivity index (χ3n) is 8.37. The molecule has 7 nitrogen and oxygen atoms in total. The number of methoxy groups -OCH3 is 1. The molecule has 1 aliphatic heterocycles. The minimum atomic E-state index is -0.722. The maximum Gasteiger partial charge on any atom is 0.341 e. The normalized spacial score (nSPS) is 25.6. The number of para-hydroxylation sites is 1. The topological polar surface area (TPSA) is 88.1 Å². The highest BCUT2D eigenvalue weighted by Crippen LogP contribution is 2.50. The minimum absolute atomic E-state index is 0.0316. The number of aryl methyl sites for hydroxylation is 1. The van der Waals surface area contributed by atoms with Crippen LogP contribution in [0.5, 0.6) is 5.75 Å². The highest BCUT2D eigenvalue weighted by molar-refractivity contribution is 7.17. The predicted molar refractivity (Wildman–Crippen MR) is 144 cm³/mol. The number of amides is 1. The number of piperidine rings is 1. The van der Waals surface area contributed by atoms with Crippen molar-refractivity contribution in [2.45, 2.75) is 76.4 Å². The Kier molecular flexibility index (Phi) is 7.88. The van der Waals surface area contributed by atoms with Gasteiger partial charge in [-0.2, -0.15) is 0 Å². The van der Waals surface area contributed by atoms with Gasteiger partial charge in [0.25, 0.3) is 0 Å². The molecule has 1 amide bonds. The molecule has 2 heterocycles. The second-order valence-corrected chi connectivity index (χ2v) is 11.7. The number of anilines is 1. The Hall–Kier alpha value is -2.42. The third kappa shape index (κ3) is 5.16. The summed E-state index contributed by atoms with van der Waals surface area (Å²) in [5, 5.41) is 15.3. The lowest BCUT2D eigenvalue weighted by molar-refractivity contribution is -0.135. The number of nitrogens with one attached hydrogen (secondary N) is 1. The van der Waals surface area contributed by atoms with Crippen molar-refractivity contribution in [1.82, 2.24) is 4.90 Å². The Bertz CT molecular complexity index is 1150. The lowest BCUT2D eigenvalue weighted by atomic mass is 9.66. The first kappa shape index (κ1) is 26.2. The Labute approximate surface area is 223 Å². The highest BCUT2D eigenvalue weighted by atomic mass is 32.1. The van der Waals surface area contributed by atoms with Gasteiger partial charge >= 0.3 is 5.97 Å². The van der Waals surface area contributed by atoms with Crippen molar-refractivity contribution < 1.29 is 24.2 Å². The van der Waals surface area contributed by atoms with Crippen LogP contribution in [0, 0.1) is 5.92 Å². The summed E-state index contributed by atoms with van der Waals surface area (Å²) in [7, 11) is 1.39. The van der Waals surface area contributed by atoms with Crippen LogP contribution in [0.25, 0.3) is 0 Å². The highest BCUT2D eigenvalue weighted by Gasteiger charge is 2.49. The summed E-state index contributed by atoms with van der Waals surface area (Å²) in [4.78, 5) is 29.5. The predicted octanol–water partition coefficient (Wildman–Crippen LogP) is 5.12. The first-order valence-corrected chi connectivity index (χ1v) is 14.5. The summed E-state index contributed by atoms with van der Waals surface area (Å²) in [6.45, 7) is 3.33. The number of esters is 1. The van der Waals surface area contributed by atoms with Crippen LogP contribution in [0.2, 0.25) is 0 Å². The largest absolute Gasteiger partial charge is 0.494 e. The number of thiophene rings is 1. The van der Waals surface area contributed by atoms with E-state index in [9.17, 15) is 14.7 Å². The number of likely N-dealkylation sites (tertiary alicyclic amines) is 1. The van der Waals surface area contributed by atoms with E-state index in [4.69, 9.17) is 9.47 Å². The van der Waals surface area contributed by atoms with Gasteiger partial charge < -0.3 is 19.9 Å². The van der Waals surface area contributed by atoms with E-state index in [2.05, 4.69) is 16.3 Å². The number of nitrogens with zero attached hydrogens (tertiary/aromatic N) is 1. The standard InChI is InChI=1S/C29H38N2O5S/c1-3-36-22-13-6-4-10-19(22)26-21-12-8-9-15-29(21,34)16-17-31(26)18-24(32)30-27-25(28(33)35-2)20-11-5-7-14-23(20)37-27/h4,6,10,13,21,26,34H,3,5,7-9,11-12,14-18H2,1-2H3,(H,30,32). The number of ether oxygens (including phenoxy) is 2. The van der Waals surface area contributed by atoms with E-state index in [1.54, 1.807) is 0 Å². The molecule has 2 fully saturated rings. The number of hydrogen-bond acceptors (Lipinski definition) is 7. The van der Waals surface area contributed by atoms with Gasteiger partial charge in [0, 0.05) is 28.9 Å². The van der Waals surface area contributed by atoms with Crippen molar-refractivity contribution in [3.63, 3.8) is 0 Å². The molecule has 3 aliphatic rings. The molecule has 200 valence electrons.